The molecule has 3 heteroatoms. The Morgan fingerprint density at radius 1 is 1.22 bits per heavy atom. The fraction of sp³-hybridized carbons (Fsp3) is 0.600. The number of hydrogen-bond donors (Lipinski definition) is 1. The van der Waals surface area contributed by atoms with Crippen LogP contribution < -0.4 is 10.1 Å². The second kappa shape index (κ2) is 7.01. The van der Waals surface area contributed by atoms with Crippen LogP contribution in [0.25, 0.3) is 0 Å². The molecule has 0 aliphatic heterocycles. The predicted molar refractivity (Wildman–Crippen MR) is 76.4 cm³/mol. The van der Waals surface area contributed by atoms with Crippen LogP contribution in [0.1, 0.15) is 39.0 Å². The van der Waals surface area contributed by atoms with Crippen LogP contribution in [0.3, 0.4) is 0 Å². The van der Waals surface area contributed by atoms with Crippen LogP contribution in [-0.4, -0.2) is 18.7 Å². The maximum atomic E-state index is 5.84. The molecule has 0 radical (unpaired) electrons. The van der Waals surface area contributed by atoms with E-state index < -0.39 is 0 Å². The molecule has 2 rings (SSSR count). The van der Waals surface area contributed by atoms with Gasteiger partial charge in [-0.2, -0.15) is 0 Å². The van der Waals surface area contributed by atoms with Crippen LogP contribution in [0.4, 0.5) is 0 Å². The third-order valence-corrected chi connectivity index (χ3v) is 3.70. The van der Waals surface area contributed by atoms with Crippen molar-refractivity contribution in [2.24, 2.45) is 0 Å². The number of halogens is 1. The molecule has 100 valence electrons. The Morgan fingerprint density at radius 3 is 2.56 bits per heavy atom. The summed E-state index contributed by atoms with van der Waals surface area (Å²) in [7, 11) is 0. The first kappa shape index (κ1) is 13.7. The molecule has 0 spiro atoms. The fourth-order valence-electron chi connectivity index (χ4n) is 2.43. The van der Waals surface area contributed by atoms with E-state index >= 15 is 0 Å². The van der Waals surface area contributed by atoms with Crippen LogP contribution in [0.5, 0.6) is 5.75 Å². The zero-order valence-corrected chi connectivity index (χ0v) is 11.7. The second-order valence-corrected chi connectivity index (χ2v) is 5.56. The minimum atomic E-state index is 0.188. The Kier molecular flexibility index (Phi) is 5.33. The average Bonchev–Trinajstić information content (AvgIpc) is 2.40. The van der Waals surface area contributed by atoms with Crippen LogP contribution in [0.15, 0.2) is 24.3 Å². The summed E-state index contributed by atoms with van der Waals surface area (Å²) in [5.74, 6) is 0.886. The third-order valence-electron chi connectivity index (χ3n) is 3.45. The molecule has 2 nitrogen and oxygen atoms in total. The smallest absolute Gasteiger partial charge is 0.119 e. The fourth-order valence-corrected chi connectivity index (χ4v) is 2.55. The van der Waals surface area contributed by atoms with E-state index in [0.29, 0.717) is 6.04 Å². The zero-order chi connectivity index (χ0) is 12.8. The molecule has 0 heterocycles. The number of nitrogens with one attached hydrogen (secondary N) is 1. The molecule has 1 aromatic rings. The zero-order valence-electron chi connectivity index (χ0n) is 11.0. The summed E-state index contributed by atoms with van der Waals surface area (Å²) in [5, 5.41) is 4.35. The van der Waals surface area contributed by atoms with Gasteiger partial charge in [0.2, 0.25) is 0 Å². The summed E-state index contributed by atoms with van der Waals surface area (Å²) in [6.45, 7) is 3.01. The molecule has 18 heavy (non-hydrogen) atoms. The maximum absolute atomic E-state index is 5.84. The topological polar surface area (TPSA) is 21.3 Å². The van der Waals surface area contributed by atoms with Gasteiger partial charge in [0.05, 0.1) is 0 Å². The highest BCUT2D eigenvalue weighted by Gasteiger charge is 2.14. The van der Waals surface area contributed by atoms with Gasteiger partial charge in [-0.05, 0) is 44.0 Å². The first-order valence-corrected chi connectivity index (χ1v) is 7.27. The molecular weight excluding hydrogens is 246 g/mol. The third kappa shape index (κ3) is 4.51. The van der Waals surface area contributed by atoms with Gasteiger partial charge in [-0.15, -0.1) is 0 Å². The number of ether oxygens (including phenoxy) is 1. The number of benzene rings is 1. The molecule has 0 amide bonds. The van der Waals surface area contributed by atoms with E-state index in [1.807, 2.05) is 24.3 Å². The quantitative estimate of drug-likeness (QED) is 0.870. The van der Waals surface area contributed by atoms with E-state index in [4.69, 9.17) is 16.3 Å². The van der Waals surface area contributed by atoms with Crippen LogP contribution in [0, 0.1) is 0 Å². The van der Waals surface area contributed by atoms with Crippen LogP contribution in [0.2, 0.25) is 5.02 Å². The lowest BCUT2D eigenvalue weighted by molar-refractivity contribution is 0.205. The Balaban J connectivity index is 1.71. The van der Waals surface area contributed by atoms with Crippen molar-refractivity contribution in [2.75, 3.05) is 6.54 Å². The van der Waals surface area contributed by atoms with Gasteiger partial charge in [-0.25, -0.2) is 0 Å². The van der Waals surface area contributed by atoms with Gasteiger partial charge in [0, 0.05) is 17.6 Å². The SMILES string of the molecule is CC(CNC1CCCCC1)Oc1ccc(Cl)cc1. The Bertz CT molecular complexity index is 346. The van der Waals surface area contributed by atoms with Crippen molar-refractivity contribution in [2.45, 2.75) is 51.2 Å². The molecule has 1 unspecified atom stereocenters. The van der Waals surface area contributed by atoms with Gasteiger partial charge in [-0.3, -0.25) is 0 Å². The highest BCUT2D eigenvalue weighted by Crippen LogP contribution is 2.18. The minimum absolute atomic E-state index is 0.188. The highest BCUT2D eigenvalue weighted by atomic mass is 35.5. The first-order valence-electron chi connectivity index (χ1n) is 6.89. The van der Waals surface area contributed by atoms with Crippen LogP contribution in [-0.2, 0) is 0 Å². The summed E-state index contributed by atoms with van der Waals surface area (Å²) in [6.07, 6.45) is 6.94. The molecule has 0 saturated heterocycles. The van der Waals surface area contributed by atoms with E-state index in [2.05, 4.69) is 12.2 Å². The second-order valence-electron chi connectivity index (χ2n) is 5.13. The van der Waals surface area contributed by atoms with Crippen molar-refractivity contribution >= 4 is 11.6 Å². The van der Waals surface area contributed by atoms with Gasteiger partial charge >= 0.3 is 0 Å². The van der Waals surface area contributed by atoms with E-state index in [-0.39, 0.29) is 6.10 Å². The largest absolute Gasteiger partial charge is 0.489 e. The van der Waals surface area contributed by atoms with Gasteiger partial charge in [0.15, 0.2) is 0 Å². The molecule has 1 aliphatic carbocycles. The van der Waals surface area contributed by atoms with Crippen molar-refractivity contribution < 1.29 is 4.74 Å². The molecule has 1 aliphatic rings. The van der Waals surface area contributed by atoms with Crippen molar-refractivity contribution in [1.29, 1.82) is 0 Å². The highest BCUT2D eigenvalue weighted by molar-refractivity contribution is 6.30. The molecule has 1 atom stereocenters. The summed E-state index contributed by atoms with van der Waals surface area (Å²) >= 11 is 5.84. The van der Waals surface area contributed by atoms with Gasteiger partial charge < -0.3 is 10.1 Å². The number of hydrogen-bond acceptors (Lipinski definition) is 2. The van der Waals surface area contributed by atoms with E-state index in [0.717, 1.165) is 17.3 Å². The Morgan fingerprint density at radius 2 is 1.89 bits per heavy atom. The normalized spacial score (nSPS) is 18.6. The number of rotatable bonds is 5. The summed E-state index contributed by atoms with van der Waals surface area (Å²) < 4.78 is 5.84. The standard InChI is InChI=1S/C15H22ClNO/c1-12(11-17-14-5-3-2-4-6-14)18-15-9-7-13(16)8-10-15/h7-10,12,14,17H,2-6,11H2,1H3. The lowest BCUT2D eigenvalue weighted by Crippen LogP contribution is -2.37. The molecule has 1 N–H and O–H groups in total. The monoisotopic (exact) mass is 267 g/mol. The molecular formula is C15H22ClNO. The summed E-state index contributed by atoms with van der Waals surface area (Å²) in [4.78, 5) is 0. The van der Waals surface area contributed by atoms with Crippen molar-refractivity contribution in [3.05, 3.63) is 29.3 Å². The van der Waals surface area contributed by atoms with Crippen LogP contribution >= 0.6 is 11.6 Å². The van der Waals surface area contributed by atoms with Crippen molar-refractivity contribution in [3.8, 4) is 5.75 Å². The van der Waals surface area contributed by atoms with Gasteiger partial charge in [0.1, 0.15) is 11.9 Å². The van der Waals surface area contributed by atoms with Crippen molar-refractivity contribution in [3.63, 3.8) is 0 Å². The molecule has 1 fully saturated rings. The predicted octanol–water partition coefficient (Wildman–Crippen LogP) is 4.03. The first-order chi connectivity index (χ1) is 8.74. The van der Waals surface area contributed by atoms with E-state index in [1.54, 1.807) is 0 Å². The summed E-state index contributed by atoms with van der Waals surface area (Å²) in [5.41, 5.74) is 0. The Labute approximate surface area is 115 Å². The molecule has 1 aromatic carbocycles. The van der Waals surface area contributed by atoms with Crippen molar-refractivity contribution in [1.82, 2.24) is 5.32 Å². The lowest BCUT2D eigenvalue weighted by atomic mass is 9.95. The van der Waals surface area contributed by atoms with E-state index in [9.17, 15) is 0 Å². The molecule has 1 saturated carbocycles. The summed E-state index contributed by atoms with van der Waals surface area (Å²) in [6, 6.07) is 8.24. The maximum Gasteiger partial charge on any atom is 0.119 e. The van der Waals surface area contributed by atoms with Gasteiger partial charge in [0.25, 0.3) is 0 Å². The Hall–Kier alpha value is -0.730. The van der Waals surface area contributed by atoms with Gasteiger partial charge in [-0.1, -0.05) is 30.9 Å². The average molecular weight is 268 g/mol. The lowest BCUT2D eigenvalue weighted by Gasteiger charge is -2.25. The molecule has 0 bridgehead atoms. The minimum Gasteiger partial charge on any atom is -0.489 e. The molecule has 0 aromatic heterocycles. The van der Waals surface area contributed by atoms with E-state index in [1.165, 1.54) is 32.1 Å².